The molecular weight excluding hydrogens is 482 g/mol. The molecule has 0 radical (unpaired) electrons. The minimum Gasteiger partial charge on any atom is -0.508 e. The second-order valence-electron chi connectivity index (χ2n) is 6.05. The monoisotopic (exact) mass is 492 g/mol. The van der Waals surface area contributed by atoms with E-state index in [1.165, 1.54) is 36.4 Å². The van der Waals surface area contributed by atoms with Crippen molar-refractivity contribution in [1.29, 1.82) is 0 Å². The van der Waals surface area contributed by atoms with Crippen molar-refractivity contribution in [2.75, 3.05) is 0 Å². The van der Waals surface area contributed by atoms with Gasteiger partial charge in [-0.3, -0.25) is 4.55 Å². The van der Waals surface area contributed by atoms with Crippen molar-refractivity contribution >= 4 is 56.5 Å². The molecule has 152 valence electrons. The predicted molar refractivity (Wildman–Crippen MR) is 114 cm³/mol. The largest absolute Gasteiger partial charge is 0.508 e. The molecule has 3 aromatic carbocycles. The van der Waals surface area contributed by atoms with Crippen LogP contribution in [0.3, 0.4) is 0 Å². The molecule has 0 spiro atoms. The van der Waals surface area contributed by atoms with Crippen LogP contribution in [0.25, 0.3) is 0 Å². The highest BCUT2D eigenvalue weighted by molar-refractivity contribution is 7.87. The molecule has 5 nitrogen and oxygen atoms in total. The second-order valence-corrected chi connectivity index (χ2v) is 9.25. The van der Waals surface area contributed by atoms with Crippen LogP contribution in [-0.2, 0) is 14.9 Å². The van der Waals surface area contributed by atoms with Gasteiger partial charge in [0.05, 0.1) is 10.0 Å². The summed E-state index contributed by atoms with van der Waals surface area (Å²) in [6.07, 6.45) is 0. The average molecular weight is 494 g/mol. The number of hydrogen-bond acceptors (Lipinski definition) is 4. The second kappa shape index (κ2) is 7.87. The van der Waals surface area contributed by atoms with Crippen molar-refractivity contribution in [3.8, 4) is 11.5 Å². The Bertz CT molecular complexity index is 1170. The smallest absolute Gasteiger partial charge is 0.283 e. The summed E-state index contributed by atoms with van der Waals surface area (Å²) in [5, 5.41) is 19.6. The quantitative estimate of drug-likeness (QED) is 0.311. The summed E-state index contributed by atoms with van der Waals surface area (Å²) in [7, 11) is -5.19. The Hall–Kier alpha value is -1.67. The van der Waals surface area contributed by atoms with E-state index in [0.717, 1.165) is 12.1 Å². The Labute approximate surface area is 186 Å². The van der Waals surface area contributed by atoms with Crippen LogP contribution in [-0.4, -0.2) is 23.2 Å². The first-order valence-corrected chi connectivity index (χ1v) is 10.9. The maximum absolute atomic E-state index is 13.0. The van der Waals surface area contributed by atoms with E-state index in [1.807, 2.05) is 0 Å². The summed E-state index contributed by atoms with van der Waals surface area (Å²) in [4.78, 5) is 0. The summed E-state index contributed by atoms with van der Waals surface area (Å²) in [6.45, 7) is 0. The summed E-state index contributed by atoms with van der Waals surface area (Å²) in [5.41, 5.74) is -0.883. The van der Waals surface area contributed by atoms with Crippen molar-refractivity contribution in [1.82, 2.24) is 0 Å². The number of phenols is 2. The van der Waals surface area contributed by atoms with Crippen LogP contribution in [0.1, 0.15) is 16.7 Å². The molecular formula is C19H12Cl4O5S. The van der Waals surface area contributed by atoms with Gasteiger partial charge in [0.15, 0.2) is 4.75 Å². The highest BCUT2D eigenvalue weighted by Gasteiger charge is 2.54. The minimum atomic E-state index is -5.19. The van der Waals surface area contributed by atoms with Crippen molar-refractivity contribution in [2.45, 2.75) is 4.75 Å². The van der Waals surface area contributed by atoms with Gasteiger partial charge >= 0.3 is 0 Å². The Kier molecular flexibility index (Phi) is 5.98. The fourth-order valence-electron chi connectivity index (χ4n) is 3.30. The zero-order valence-corrected chi connectivity index (χ0v) is 18.1. The lowest BCUT2D eigenvalue weighted by Crippen LogP contribution is -2.39. The number of halogens is 4. The van der Waals surface area contributed by atoms with Crippen molar-refractivity contribution in [3.05, 3.63) is 91.4 Å². The van der Waals surface area contributed by atoms with Crippen LogP contribution in [0.15, 0.2) is 54.6 Å². The highest BCUT2D eigenvalue weighted by atomic mass is 35.5. The molecule has 1 unspecified atom stereocenters. The Morgan fingerprint density at radius 1 is 0.724 bits per heavy atom. The first kappa shape index (κ1) is 22.0. The van der Waals surface area contributed by atoms with Gasteiger partial charge < -0.3 is 10.2 Å². The lowest BCUT2D eigenvalue weighted by molar-refractivity contribution is 0.440. The van der Waals surface area contributed by atoms with E-state index >= 15 is 0 Å². The van der Waals surface area contributed by atoms with Crippen LogP contribution in [0.4, 0.5) is 0 Å². The van der Waals surface area contributed by atoms with Gasteiger partial charge in [0.1, 0.15) is 11.5 Å². The van der Waals surface area contributed by atoms with Crippen LogP contribution < -0.4 is 0 Å². The molecule has 1 atom stereocenters. The SMILES string of the molecule is O=S(=O)(O)C(c1ccccc1Cl)(c1c(O)cccc1Cl)c1c(Cl)cc(O)cc1Cl. The van der Waals surface area contributed by atoms with Gasteiger partial charge in [0.2, 0.25) is 0 Å². The number of rotatable bonds is 4. The topological polar surface area (TPSA) is 94.8 Å². The van der Waals surface area contributed by atoms with Crippen LogP contribution >= 0.6 is 46.4 Å². The van der Waals surface area contributed by atoms with E-state index < -0.39 is 26.2 Å². The molecule has 0 saturated carbocycles. The Morgan fingerprint density at radius 2 is 1.28 bits per heavy atom. The van der Waals surface area contributed by atoms with Crippen molar-refractivity contribution in [3.63, 3.8) is 0 Å². The van der Waals surface area contributed by atoms with Crippen LogP contribution in [0.5, 0.6) is 11.5 Å². The standard InChI is InChI=1S/C19H12Cl4O5S/c20-12-5-2-1-4-11(12)19(29(26,27)28,18-13(21)6-3-7-16(18)25)17-14(22)8-10(24)9-15(17)23/h1-9,24-25H,(H,26,27,28). The first-order valence-electron chi connectivity index (χ1n) is 7.90. The molecule has 0 saturated heterocycles. The summed E-state index contributed by atoms with van der Waals surface area (Å²) < 4.78 is 34.0. The molecule has 0 aliphatic carbocycles. The van der Waals surface area contributed by atoms with Gasteiger partial charge in [-0.1, -0.05) is 70.7 Å². The predicted octanol–water partition coefficient (Wildman–Crippen LogP) is 5.89. The number of benzene rings is 3. The van der Waals surface area contributed by atoms with Gasteiger partial charge in [-0.25, -0.2) is 0 Å². The third-order valence-corrected chi connectivity index (χ3v) is 7.01. The maximum atomic E-state index is 13.0. The molecule has 10 heteroatoms. The van der Waals surface area contributed by atoms with E-state index in [2.05, 4.69) is 0 Å². The molecule has 0 aromatic heterocycles. The van der Waals surface area contributed by atoms with Crippen molar-refractivity contribution in [2.24, 2.45) is 0 Å². The van der Waals surface area contributed by atoms with E-state index in [9.17, 15) is 23.2 Å². The Morgan fingerprint density at radius 3 is 1.79 bits per heavy atom. The average Bonchev–Trinajstić information content (AvgIpc) is 2.58. The zero-order valence-electron chi connectivity index (χ0n) is 14.3. The molecule has 0 heterocycles. The fourth-order valence-corrected chi connectivity index (χ4v) is 6.27. The third kappa shape index (κ3) is 3.54. The van der Waals surface area contributed by atoms with Crippen molar-refractivity contribution < 1.29 is 23.2 Å². The zero-order chi connectivity index (χ0) is 21.6. The summed E-state index contributed by atoms with van der Waals surface area (Å²) in [5.74, 6) is -0.884. The lowest BCUT2D eigenvalue weighted by Gasteiger charge is -2.35. The summed E-state index contributed by atoms with van der Waals surface area (Å²) >= 11 is 25.2. The molecule has 3 N–H and O–H groups in total. The van der Waals surface area contributed by atoms with E-state index in [4.69, 9.17) is 46.4 Å². The Balaban J connectivity index is 2.71. The van der Waals surface area contributed by atoms with Gasteiger partial charge in [-0.05, 0) is 30.3 Å². The van der Waals surface area contributed by atoms with E-state index in [0.29, 0.717) is 0 Å². The lowest BCUT2D eigenvalue weighted by atomic mass is 9.83. The molecule has 0 aliphatic rings. The maximum Gasteiger partial charge on any atom is 0.283 e. The minimum absolute atomic E-state index is 0.0651. The number of aromatic hydroxyl groups is 2. The molecule has 3 rings (SSSR count). The van der Waals surface area contributed by atoms with Gasteiger partial charge in [0, 0.05) is 26.7 Å². The van der Waals surface area contributed by atoms with Crippen LogP contribution in [0.2, 0.25) is 20.1 Å². The molecule has 29 heavy (non-hydrogen) atoms. The van der Waals surface area contributed by atoms with Crippen LogP contribution in [0, 0.1) is 0 Å². The third-order valence-electron chi connectivity index (χ3n) is 4.36. The first-order chi connectivity index (χ1) is 13.5. The molecule has 0 aliphatic heterocycles. The summed E-state index contributed by atoms with van der Waals surface area (Å²) in [6, 6.07) is 11.8. The van der Waals surface area contributed by atoms with Gasteiger partial charge in [-0.2, -0.15) is 8.42 Å². The molecule has 3 aromatic rings. The van der Waals surface area contributed by atoms with E-state index in [1.54, 1.807) is 6.07 Å². The van der Waals surface area contributed by atoms with E-state index in [-0.39, 0.29) is 37.0 Å². The molecule has 0 bridgehead atoms. The number of phenolic OH excluding ortho intramolecular Hbond substituents is 2. The molecule has 0 amide bonds. The fraction of sp³-hybridized carbons (Fsp3) is 0.0526. The normalized spacial score (nSPS) is 13.8. The van der Waals surface area contributed by atoms with Gasteiger partial charge in [-0.15, -0.1) is 0 Å². The molecule has 0 fully saturated rings. The number of hydrogen-bond donors (Lipinski definition) is 3. The highest BCUT2D eigenvalue weighted by Crippen LogP contribution is 2.55. The van der Waals surface area contributed by atoms with Gasteiger partial charge in [0.25, 0.3) is 10.1 Å².